The first kappa shape index (κ1) is 36.8. The van der Waals surface area contributed by atoms with Gasteiger partial charge in [-0.3, -0.25) is 19.4 Å². The summed E-state index contributed by atoms with van der Waals surface area (Å²) in [5.74, 6) is 2.45. The van der Waals surface area contributed by atoms with Crippen molar-refractivity contribution >= 4 is 22.9 Å². The predicted octanol–water partition coefficient (Wildman–Crippen LogP) is 6.07. The Hall–Kier alpha value is -4.54. The van der Waals surface area contributed by atoms with Gasteiger partial charge in [0.2, 0.25) is 0 Å². The van der Waals surface area contributed by atoms with Crippen LogP contribution in [0.3, 0.4) is 0 Å². The summed E-state index contributed by atoms with van der Waals surface area (Å²) in [6.07, 6.45) is 10.9. The Labute approximate surface area is 314 Å². The lowest BCUT2D eigenvalue weighted by atomic mass is 9.97. The van der Waals surface area contributed by atoms with Gasteiger partial charge in [-0.25, -0.2) is 0 Å². The first-order valence-electron chi connectivity index (χ1n) is 19.6. The number of carbonyl (C=O) groups is 2. The molecule has 0 amide bonds. The van der Waals surface area contributed by atoms with Crippen LogP contribution in [-0.4, -0.2) is 110 Å². The lowest BCUT2D eigenvalue weighted by Crippen LogP contribution is -2.47. The number of benzene rings is 2. The largest absolute Gasteiger partial charge is 0.497 e. The van der Waals surface area contributed by atoms with Crippen LogP contribution in [0.2, 0.25) is 0 Å². The van der Waals surface area contributed by atoms with Gasteiger partial charge in [0.25, 0.3) is 0 Å². The molecule has 2 aliphatic carbocycles. The van der Waals surface area contributed by atoms with Crippen molar-refractivity contribution in [2.24, 2.45) is 0 Å². The molecule has 2 aromatic heterocycles. The highest BCUT2D eigenvalue weighted by atomic mass is 16.5. The number of ketones is 2. The van der Waals surface area contributed by atoms with Crippen molar-refractivity contribution < 1.29 is 19.1 Å². The maximum atomic E-state index is 12.0. The van der Waals surface area contributed by atoms with Gasteiger partial charge in [0, 0.05) is 131 Å². The zero-order valence-electron chi connectivity index (χ0n) is 31.7. The third kappa shape index (κ3) is 8.99. The summed E-state index contributed by atoms with van der Waals surface area (Å²) in [6, 6.07) is 20.7. The number of fused-ring (bicyclic) bond motifs is 2. The molecule has 2 fully saturated rings. The molecule has 0 N–H and O–H groups in total. The standard InChI is InChI=1S/C22H29N3O2.C21H27N3O2/c1-27-19-8-6-18(7-9-19)24-16-14-23(15-17-24)11-3-12-25-13-10-20-21(25)4-2-5-22(20)26;1-26-18-7-5-17(6-8-18)23-14-11-22(12-15-23)13-16-24-10-9-19-20(24)3-2-4-21(19)25/h6-10,13H,2-5,11-12,14-17H2,1H3;5-10H,2-4,11-16H2,1H3. The zero-order valence-corrected chi connectivity index (χ0v) is 31.7. The molecule has 0 unspecified atom stereocenters. The van der Waals surface area contributed by atoms with Gasteiger partial charge >= 0.3 is 0 Å². The molecule has 2 aromatic carbocycles. The third-order valence-corrected chi connectivity index (χ3v) is 11.5. The monoisotopic (exact) mass is 720 g/mol. The van der Waals surface area contributed by atoms with E-state index < -0.39 is 0 Å². The highest BCUT2D eigenvalue weighted by molar-refractivity contribution is 5.98. The molecular formula is C43H56N6O4. The quantitative estimate of drug-likeness (QED) is 0.185. The molecule has 0 bridgehead atoms. The molecule has 0 atom stereocenters. The second-order valence-electron chi connectivity index (χ2n) is 14.7. The SMILES string of the molecule is COc1ccc(N2CCN(CCCn3ccc4c3CCCC4=O)CC2)cc1.COc1ccc(N2CCN(CCn3ccc4c3CCCC4=O)CC2)cc1. The van der Waals surface area contributed by atoms with E-state index in [0.29, 0.717) is 18.0 Å². The average molecular weight is 721 g/mol. The number of hydrogen-bond acceptors (Lipinski definition) is 8. The van der Waals surface area contributed by atoms with Crippen molar-refractivity contribution in [2.45, 2.75) is 58.0 Å². The summed E-state index contributed by atoms with van der Waals surface area (Å²) in [7, 11) is 3.40. The highest BCUT2D eigenvalue weighted by Gasteiger charge is 2.23. The number of ether oxygens (including phenoxy) is 2. The summed E-state index contributed by atoms with van der Waals surface area (Å²) < 4.78 is 15.1. The smallest absolute Gasteiger partial charge is 0.164 e. The van der Waals surface area contributed by atoms with Crippen LogP contribution in [0.25, 0.3) is 0 Å². The van der Waals surface area contributed by atoms with Crippen molar-refractivity contribution in [3.8, 4) is 11.5 Å². The van der Waals surface area contributed by atoms with Crippen molar-refractivity contribution in [1.82, 2.24) is 18.9 Å². The number of carbonyl (C=O) groups excluding carboxylic acids is 2. The summed E-state index contributed by atoms with van der Waals surface area (Å²) in [5, 5.41) is 0. The maximum absolute atomic E-state index is 12.0. The molecule has 282 valence electrons. The van der Waals surface area contributed by atoms with E-state index in [1.54, 1.807) is 14.2 Å². The fraction of sp³-hybridized carbons (Fsp3) is 0.488. The molecule has 8 rings (SSSR count). The Kier molecular flexibility index (Phi) is 12.2. The predicted molar refractivity (Wildman–Crippen MR) is 211 cm³/mol. The van der Waals surface area contributed by atoms with Crippen LogP contribution in [-0.2, 0) is 25.9 Å². The first-order chi connectivity index (χ1) is 26.0. The van der Waals surface area contributed by atoms with E-state index in [1.807, 2.05) is 36.4 Å². The van der Waals surface area contributed by atoms with Gasteiger partial charge in [-0.2, -0.15) is 0 Å². The minimum absolute atomic E-state index is 0.318. The van der Waals surface area contributed by atoms with E-state index in [-0.39, 0.29) is 0 Å². The van der Waals surface area contributed by atoms with E-state index in [1.165, 1.54) is 22.8 Å². The lowest BCUT2D eigenvalue weighted by Gasteiger charge is -2.36. The summed E-state index contributed by atoms with van der Waals surface area (Å²) in [4.78, 5) is 33.9. The number of methoxy groups -OCH3 is 2. The second kappa shape index (κ2) is 17.5. The van der Waals surface area contributed by atoms with Crippen LogP contribution in [0.1, 0.15) is 64.2 Å². The number of aryl methyl sites for hydroxylation is 1. The van der Waals surface area contributed by atoms with Crippen molar-refractivity contribution in [1.29, 1.82) is 0 Å². The fourth-order valence-corrected chi connectivity index (χ4v) is 8.36. The summed E-state index contributed by atoms with van der Waals surface area (Å²) in [5.41, 5.74) is 6.98. The third-order valence-electron chi connectivity index (χ3n) is 11.5. The number of piperazine rings is 2. The second-order valence-corrected chi connectivity index (χ2v) is 14.7. The van der Waals surface area contributed by atoms with Crippen molar-refractivity contribution in [2.75, 3.05) is 89.5 Å². The van der Waals surface area contributed by atoms with E-state index in [0.717, 1.165) is 140 Å². The van der Waals surface area contributed by atoms with Crippen LogP contribution in [0.15, 0.2) is 73.1 Å². The molecule has 0 saturated carbocycles. The number of hydrogen-bond donors (Lipinski definition) is 0. The molecule has 0 radical (unpaired) electrons. The number of nitrogens with zero attached hydrogens (tertiary/aromatic N) is 6. The maximum Gasteiger partial charge on any atom is 0.164 e. The minimum Gasteiger partial charge on any atom is -0.497 e. The number of anilines is 2. The van der Waals surface area contributed by atoms with Crippen LogP contribution in [0, 0.1) is 0 Å². The molecule has 10 heteroatoms. The molecule has 4 aromatic rings. The molecule has 2 saturated heterocycles. The van der Waals surface area contributed by atoms with Crippen molar-refractivity contribution in [3.05, 3.63) is 95.6 Å². The highest BCUT2D eigenvalue weighted by Crippen LogP contribution is 2.25. The Morgan fingerprint density at radius 3 is 1.38 bits per heavy atom. The van der Waals surface area contributed by atoms with E-state index in [9.17, 15) is 9.59 Å². The summed E-state index contributed by atoms with van der Waals surface area (Å²) >= 11 is 0. The number of rotatable bonds is 11. The molecule has 10 nitrogen and oxygen atoms in total. The van der Waals surface area contributed by atoms with Crippen LogP contribution in [0.5, 0.6) is 11.5 Å². The van der Waals surface area contributed by atoms with Crippen molar-refractivity contribution in [3.63, 3.8) is 0 Å². The van der Waals surface area contributed by atoms with E-state index >= 15 is 0 Å². The molecule has 4 aliphatic rings. The number of aromatic nitrogens is 2. The van der Waals surface area contributed by atoms with Gasteiger partial charge < -0.3 is 28.4 Å². The lowest BCUT2D eigenvalue weighted by molar-refractivity contribution is 0.0963. The van der Waals surface area contributed by atoms with Gasteiger partial charge in [0.15, 0.2) is 11.6 Å². The van der Waals surface area contributed by atoms with E-state index in [4.69, 9.17) is 9.47 Å². The Bertz CT molecular complexity index is 1800. The topological polar surface area (TPSA) is 75.4 Å². The van der Waals surface area contributed by atoms with Crippen LogP contribution < -0.4 is 19.3 Å². The average Bonchev–Trinajstić information content (AvgIpc) is 3.83. The Morgan fingerprint density at radius 1 is 0.491 bits per heavy atom. The molecular weight excluding hydrogens is 665 g/mol. The van der Waals surface area contributed by atoms with Gasteiger partial charge in [-0.05, 0) is 99.3 Å². The molecule has 4 heterocycles. The molecule has 0 spiro atoms. The minimum atomic E-state index is 0.318. The Morgan fingerprint density at radius 2 is 0.925 bits per heavy atom. The normalized spacial score (nSPS) is 17.9. The van der Waals surface area contributed by atoms with Gasteiger partial charge in [-0.1, -0.05) is 0 Å². The van der Waals surface area contributed by atoms with E-state index in [2.05, 4.69) is 65.4 Å². The fourth-order valence-electron chi connectivity index (χ4n) is 8.36. The van der Waals surface area contributed by atoms with Gasteiger partial charge in [0.1, 0.15) is 11.5 Å². The first-order valence-corrected chi connectivity index (χ1v) is 19.6. The Balaban J connectivity index is 0.000000164. The van der Waals surface area contributed by atoms with Crippen LogP contribution in [0.4, 0.5) is 11.4 Å². The van der Waals surface area contributed by atoms with Gasteiger partial charge in [0.05, 0.1) is 14.2 Å². The molecule has 53 heavy (non-hydrogen) atoms. The zero-order chi connectivity index (χ0) is 36.6. The van der Waals surface area contributed by atoms with Gasteiger partial charge in [-0.15, -0.1) is 0 Å². The van der Waals surface area contributed by atoms with Crippen LogP contribution >= 0.6 is 0 Å². The summed E-state index contributed by atoms with van der Waals surface area (Å²) in [6.45, 7) is 12.8. The molecule has 2 aliphatic heterocycles. The number of Topliss-reactive ketones (excluding diaryl/α,β-unsaturated/α-hetero) is 2.